The molecule has 3 aromatic rings. The zero-order valence-electron chi connectivity index (χ0n) is 28.6. The maximum Gasteiger partial charge on any atom is 0.404 e. The van der Waals surface area contributed by atoms with E-state index >= 15 is 0 Å². The van der Waals surface area contributed by atoms with E-state index in [9.17, 15) is 28.7 Å². The molecule has 2 saturated heterocycles. The Kier molecular flexibility index (Phi) is 10.9. The van der Waals surface area contributed by atoms with Gasteiger partial charge in [-0.1, -0.05) is 37.1 Å². The average Bonchev–Trinajstić information content (AvgIpc) is 3.97. The fourth-order valence-corrected chi connectivity index (χ4v) is 9.79. The summed E-state index contributed by atoms with van der Waals surface area (Å²) < 4.78 is 59.8. The van der Waals surface area contributed by atoms with Gasteiger partial charge in [0.2, 0.25) is 16.8 Å². The van der Waals surface area contributed by atoms with E-state index in [1.165, 1.54) is 16.4 Å². The smallest absolute Gasteiger partial charge is 0.404 e. The van der Waals surface area contributed by atoms with Gasteiger partial charge in [-0.3, -0.25) is 0 Å². The number of fused-ring (bicyclic) bond motifs is 2. The summed E-state index contributed by atoms with van der Waals surface area (Å²) in [6.45, 7) is 0.998. The highest BCUT2D eigenvalue weighted by molar-refractivity contribution is 7.89. The van der Waals surface area contributed by atoms with Crippen molar-refractivity contribution >= 4 is 16.1 Å². The Morgan fingerprint density at radius 3 is 2.56 bits per heavy atom. The quantitative estimate of drug-likeness (QED) is 0.210. The zero-order chi connectivity index (χ0) is 36.2. The molecular weight excluding hydrogens is 690 g/mol. The summed E-state index contributed by atoms with van der Waals surface area (Å²) in [6.07, 6.45) is 1.04. The zero-order valence-corrected chi connectivity index (χ0v) is 29.5. The van der Waals surface area contributed by atoms with Crippen LogP contribution in [0.1, 0.15) is 48.8 Å². The largest absolute Gasteiger partial charge is 0.489 e. The lowest BCUT2D eigenvalue weighted by Gasteiger charge is -2.42. The van der Waals surface area contributed by atoms with Crippen LogP contribution in [0.4, 0.5) is 4.79 Å². The van der Waals surface area contributed by atoms with E-state index in [-0.39, 0.29) is 49.7 Å². The van der Waals surface area contributed by atoms with Crippen molar-refractivity contribution in [2.75, 3.05) is 26.6 Å². The van der Waals surface area contributed by atoms with Crippen molar-refractivity contribution in [3.05, 3.63) is 83.4 Å². The minimum Gasteiger partial charge on any atom is -0.489 e. The van der Waals surface area contributed by atoms with Gasteiger partial charge in [0, 0.05) is 24.4 Å². The molecule has 0 radical (unpaired) electrons. The third-order valence-electron chi connectivity index (χ3n) is 10.6. The molecule has 3 heterocycles. The van der Waals surface area contributed by atoms with E-state index in [1.54, 1.807) is 48.5 Å². The number of hydrogen-bond donors (Lipinski definition) is 3. The van der Waals surface area contributed by atoms with Crippen molar-refractivity contribution in [2.24, 2.45) is 17.8 Å². The van der Waals surface area contributed by atoms with Crippen LogP contribution < -0.4 is 19.5 Å². The molecule has 0 spiro atoms. The monoisotopic (exact) mass is 733 g/mol. The van der Waals surface area contributed by atoms with Gasteiger partial charge < -0.3 is 39.2 Å². The number of sulfonamides is 1. The Hall–Kier alpha value is -4.39. The second-order valence-electron chi connectivity index (χ2n) is 13.9. The average molecular weight is 734 g/mol. The first-order valence-electron chi connectivity index (χ1n) is 17.7. The summed E-state index contributed by atoms with van der Waals surface area (Å²) in [4.78, 5) is 12.3. The van der Waals surface area contributed by atoms with Crippen molar-refractivity contribution in [2.45, 2.75) is 74.5 Å². The molecule has 0 aromatic heterocycles. The highest BCUT2D eigenvalue weighted by atomic mass is 32.2. The molecule has 52 heavy (non-hydrogen) atoms. The maximum absolute atomic E-state index is 14.8. The SMILES string of the molecule is N#Cc1cccc(COc2ccc(C[C@H](NC(=O)O)[C@@H](O)C([C@@H]3CO[C@H]4OCC[C@H]43)N(CC3CCCC3)S(=O)(=O)c3ccc4c(c3)OCO4)cc2)c1. The predicted octanol–water partition coefficient (Wildman–Crippen LogP) is 4.66. The Morgan fingerprint density at radius 1 is 1.00 bits per heavy atom. The Morgan fingerprint density at radius 2 is 1.79 bits per heavy atom. The Labute approximate surface area is 303 Å². The molecule has 14 heteroatoms. The van der Waals surface area contributed by atoms with Crippen LogP contribution in [0.3, 0.4) is 0 Å². The summed E-state index contributed by atoms with van der Waals surface area (Å²) in [7, 11) is -4.26. The number of ether oxygens (including phenoxy) is 5. The van der Waals surface area contributed by atoms with E-state index in [4.69, 9.17) is 23.7 Å². The molecule has 3 N–H and O–H groups in total. The van der Waals surface area contributed by atoms with Crippen LogP contribution in [0.5, 0.6) is 17.2 Å². The van der Waals surface area contributed by atoms with Crippen LogP contribution in [-0.2, 0) is 32.5 Å². The lowest BCUT2D eigenvalue weighted by atomic mass is 9.81. The van der Waals surface area contributed by atoms with Gasteiger partial charge in [0.25, 0.3) is 0 Å². The van der Waals surface area contributed by atoms with Gasteiger partial charge in [0.05, 0.1) is 47.9 Å². The number of amides is 1. The van der Waals surface area contributed by atoms with Crippen molar-refractivity contribution in [3.8, 4) is 23.3 Å². The molecule has 1 unspecified atom stereocenters. The Bertz CT molecular complexity index is 1880. The van der Waals surface area contributed by atoms with Gasteiger partial charge in [-0.2, -0.15) is 9.57 Å². The van der Waals surface area contributed by atoms with E-state index in [0.29, 0.717) is 41.4 Å². The lowest BCUT2D eigenvalue weighted by molar-refractivity contribution is -0.0907. The van der Waals surface area contributed by atoms with Crippen LogP contribution in [0, 0.1) is 29.1 Å². The van der Waals surface area contributed by atoms with Crippen molar-refractivity contribution in [3.63, 3.8) is 0 Å². The molecule has 1 aliphatic carbocycles. The fourth-order valence-electron chi connectivity index (χ4n) is 8.01. The second-order valence-corrected chi connectivity index (χ2v) is 15.8. The van der Waals surface area contributed by atoms with Crippen LogP contribution in [0.2, 0.25) is 0 Å². The molecule has 4 aliphatic rings. The first-order chi connectivity index (χ1) is 25.2. The predicted molar refractivity (Wildman–Crippen MR) is 186 cm³/mol. The van der Waals surface area contributed by atoms with Crippen LogP contribution >= 0.6 is 0 Å². The number of nitriles is 1. The molecule has 13 nitrogen and oxygen atoms in total. The number of carboxylic acid groups (broad SMARTS) is 1. The van der Waals surface area contributed by atoms with Crippen LogP contribution in [-0.4, -0.2) is 80.1 Å². The molecular formula is C38H43N3O10S. The van der Waals surface area contributed by atoms with Gasteiger partial charge >= 0.3 is 6.09 Å². The van der Waals surface area contributed by atoms with Gasteiger partial charge in [-0.05, 0) is 79.1 Å². The highest BCUT2D eigenvalue weighted by Crippen LogP contribution is 2.43. The number of nitrogens with zero attached hydrogens (tertiary/aromatic N) is 2. The van der Waals surface area contributed by atoms with Crippen molar-refractivity contribution in [1.29, 1.82) is 5.26 Å². The van der Waals surface area contributed by atoms with Gasteiger partial charge in [-0.15, -0.1) is 0 Å². The molecule has 1 saturated carbocycles. The maximum atomic E-state index is 14.8. The van der Waals surface area contributed by atoms with Crippen LogP contribution in [0.25, 0.3) is 0 Å². The standard InChI is InChI=1S/C38H43N3O10S/c39-19-26-6-3-7-27(16-26)21-48-28-10-8-24(9-11-28)17-32(40-38(43)44)36(42)35(31-22-49-37-30(31)14-15-47-37)41(20-25-4-1-2-5-25)52(45,46)29-12-13-33-34(18-29)51-23-50-33/h3,6-13,16,18,25,30-32,35-37,40,42H,1-2,4-5,14-15,17,20-23H2,(H,43,44)/t30-,31+,32-,35?,36+,37+/m0/s1. The molecule has 3 aliphatic heterocycles. The number of aliphatic hydroxyl groups is 1. The third-order valence-corrected chi connectivity index (χ3v) is 12.5. The summed E-state index contributed by atoms with van der Waals surface area (Å²) in [5.74, 6) is 0.747. The van der Waals surface area contributed by atoms with Crippen molar-refractivity contribution in [1.82, 2.24) is 9.62 Å². The molecule has 7 rings (SSSR count). The summed E-state index contributed by atoms with van der Waals surface area (Å²) in [5.41, 5.74) is 2.09. The molecule has 3 aromatic carbocycles. The highest BCUT2D eigenvalue weighted by Gasteiger charge is 2.52. The summed E-state index contributed by atoms with van der Waals surface area (Å²) in [6, 6.07) is 18.7. The molecule has 276 valence electrons. The number of aliphatic hydroxyl groups excluding tert-OH is 1. The topological polar surface area (TPSA) is 177 Å². The number of rotatable bonds is 14. The molecule has 1 amide bonds. The lowest BCUT2D eigenvalue weighted by Crippen LogP contribution is -2.60. The minimum atomic E-state index is -4.26. The van der Waals surface area contributed by atoms with Gasteiger partial charge in [0.15, 0.2) is 17.8 Å². The number of nitrogens with one attached hydrogen (secondary N) is 1. The van der Waals surface area contributed by atoms with Crippen LogP contribution in [0.15, 0.2) is 71.6 Å². The summed E-state index contributed by atoms with van der Waals surface area (Å²) in [5, 5.41) is 34.2. The molecule has 0 bridgehead atoms. The molecule has 3 fully saturated rings. The Balaban J connectivity index is 1.19. The normalized spacial score (nSPS) is 22.8. The first-order valence-corrected chi connectivity index (χ1v) is 19.2. The second kappa shape index (κ2) is 15.7. The first kappa shape index (κ1) is 36.0. The number of hydrogen-bond acceptors (Lipinski definition) is 10. The summed E-state index contributed by atoms with van der Waals surface area (Å²) >= 11 is 0. The van der Waals surface area contributed by atoms with E-state index in [1.807, 2.05) is 6.07 Å². The van der Waals surface area contributed by atoms with E-state index in [2.05, 4.69) is 11.4 Å². The minimum absolute atomic E-state index is 0.00256. The van der Waals surface area contributed by atoms with E-state index < -0.39 is 46.5 Å². The van der Waals surface area contributed by atoms with Gasteiger partial charge in [0.1, 0.15) is 12.4 Å². The number of carbonyl (C=O) groups is 1. The third kappa shape index (κ3) is 7.84. The van der Waals surface area contributed by atoms with Crippen molar-refractivity contribution < 1.29 is 47.1 Å². The number of benzene rings is 3. The molecule has 6 atom stereocenters. The van der Waals surface area contributed by atoms with Gasteiger partial charge in [-0.25, -0.2) is 13.2 Å². The fraction of sp³-hybridized carbons (Fsp3) is 0.474. The van der Waals surface area contributed by atoms with E-state index in [0.717, 1.165) is 31.2 Å².